The van der Waals surface area contributed by atoms with E-state index in [2.05, 4.69) is 12.2 Å². The van der Waals surface area contributed by atoms with Gasteiger partial charge in [-0.15, -0.1) is 0 Å². The van der Waals surface area contributed by atoms with Gasteiger partial charge in [0.1, 0.15) is 5.82 Å². The van der Waals surface area contributed by atoms with E-state index in [0.29, 0.717) is 11.6 Å². The molecule has 2 rings (SSSR count). The van der Waals surface area contributed by atoms with Crippen molar-refractivity contribution in [2.75, 3.05) is 0 Å². The van der Waals surface area contributed by atoms with Gasteiger partial charge in [-0.25, -0.2) is 4.39 Å². The lowest BCUT2D eigenvalue weighted by molar-refractivity contribution is 0.0993. The Kier molecular flexibility index (Phi) is 5.34. The number of aliphatic hydroxyl groups is 1. The maximum absolute atomic E-state index is 13.2. The minimum Gasteiger partial charge on any atom is -0.387 e. The number of hydrogen-bond donors (Lipinski definition) is 2. The van der Waals surface area contributed by atoms with Crippen LogP contribution >= 0.6 is 0 Å². The van der Waals surface area contributed by atoms with Crippen LogP contribution < -0.4 is 5.32 Å². The molecule has 1 saturated heterocycles. The molecule has 1 aromatic carbocycles. The van der Waals surface area contributed by atoms with E-state index in [-0.39, 0.29) is 11.9 Å². The van der Waals surface area contributed by atoms with Gasteiger partial charge in [-0.3, -0.25) is 0 Å². The Balaban J connectivity index is 1.96. The molecule has 19 heavy (non-hydrogen) atoms. The standard InChI is InChI=1S/C16H24FNO/c1-2-3-8-14-9-5-10-15(18-14)16(19)12-6-4-7-13(17)11-12/h4,6-7,11,14-16,18-19H,2-3,5,8-10H2,1H3/t14?,15-,16-/m1/s1. The Morgan fingerprint density at radius 2 is 2.26 bits per heavy atom. The van der Waals surface area contributed by atoms with Gasteiger partial charge in [-0.2, -0.15) is 0 Å². The van der Waals surface area contributed by atoms with Crippen LogP contribution in [-0.2, 0) is 0 Å². The molecule has 3 heteroatoms. The molecule has 3 atom stereocenters. The van der Waals surface area contributed by atoms with Crippen molar-refractivity contribution in [2.24, 2.45) is 0 Å². The second kappa shape index (κ2) is 7.01. The summed E-state index contributed by atoms with van der Waals surface area (Å²) in [6.45, 7) is 2.20. The Labute approximate surface area is 115 Å². The molecule has 1 heterocycles. The third-order valence-electron chi connectivity index (χ3n) is 3.99. The van der Waals surface area contributed by atoms with E-state index in [0.717, 1.165) is 12.8 Å². The fraction of sp³-hybridized carbons (Fsp3) is 0.625. The van der Waals surface area contributed by atoms with Gasteiger partial charge in [-0.05, 0) is 37.0 Å². The van der Waals surface area contributed by atoms with Gasteiger partial charge in [0.25, 0.3) is 0 Å². The number of unbranched alkanes of at least 4 members (excludes halogenated alkanes) is 1. The van der Waals surface area contributed by atoms with Crippen molar-refractivity contribution in [1.29, 1.82) is 0 Å². The van der Waals surface area contributed by atoms with Crippen LogP contribution in [0.15, 0.2) is 24.3 Å². The van der Waals surface area contributed by atoms with E-state index in [1.54, 1.807) is 12.1 Å². The van der Waals surface area contributed by atoms with Crippen LogP contribution in [0.2, 0.25) is 0 Å². The SMILES string of the molecule is CCCCC1CCC[C@H]([C@H](O)c2cccc(F)c2)N1. The number of aliphatic hydroxyl groups excluding tert-OH is 1. The van der Waals surface area contributed by atoms with Crippen LogP contribution in [0.25, 0.3) is 0 Å². The maximum atomic E-state index is 13.2. The average molecular weight is 265 g/mol. The number of nitrogens with one attached hydrogen (secondary N) is 1. The van der Waals surface area contributed by atoms with Crippen molar-refractivity contribution in [3.05, 3.63) is 35.6 Å². The Hall–Kier alpha value is -0.930. The lowest BCUT2D eigenvalue weighted by atomic mass is 9.90. The lowest BCUT2D eigenvalue weighted by Gasteiger charge is -2.34. The lowest BCUT2D eigenvalue weighted by Crippen LogP contribution is -2.45. The Morgan fingerprint density at radius 1 is 1.42 bits per heavy atom. The number of halogens is 1. The van der Waals surface area contributed by atoms with Crippen molar-refractivity contribution in [3.8, 4) is 0 Å². The predicted molar refractivity (Wildman–Crippen MR) is 75.4 cm³/mol. The zero-order chi connectivity index (χ0) is 13.7. The van der Waals surface area contributed by atoms with Gasteiger partial charge < -0.3 is 10.4 Å². The zero-order valence-corrected chi connectivity index (χ0v) is 11.6. The Bertz CT molecular complexity index is 396. The summed E-state index contributed by atoms with van der Waals surface area (Å²) in [6, 6.07) is 6.85. The van der Waals surface area contributed by atoms with Crippen LogP contribution in [0.4, 0.5) is 4.39 Å². The molecule has 0 spiro atoms. The number of rotatable bonds is 5. The molecule has 1 aromatic rings. The van der Waals surface area contributed by atoms with Gasteiger partial charge in [-0.1, -0.05) is 38.3 Å². The van der Waals surface area contributed by atoms with Crippen LogP contribution in [0.3, 0.4) is 0 Å². The molecule has 0 amide bonds. The number of benzene rings is 1. The van der Waals surface area contributed by atoms with E-state index < -0.39 is 6.10 Å². The molecule has 1 aliphatic heterocycles. The first-order valence-corrected chi connectivity index (χ1v) is 7.40. The first-order chi connectivity index (χ1) is 9.20. The largest absolute Gasteiger partial charge is 0.387 e. The average Bonchev–Trinajstić information content (AvgIpc) is 2.44. The third kappa shape index (κ3) is 4.02. The van der Waals surface area contributed by atoms with Gasteiger partial charge in [0.05, 0.1) is 6.10 Å². The highest BCUT2D eigenvalue weighted by Gasteiger charge is 2.27. The third-order valence-corrected chi connectivity index (χ3v) is 3.99. The molecule has 106 valence electrons. The van der Waals surface area contributed by atoms with E-state index in [9.17, 15) is 9.50 Å². The number of hydrogen-bond acceptors (Lipinski definition) is 2. The Morgan fingerprint density at radius 3 is 3.00 bits per heavy atom. The van der Waals surface area contributed by atoms with Crippen LogP contribution in [0.1, 0.15) is 57.1 Å². The first-order valence-electron chi connectivity index (χ1n) is 7.40. The minimum atomic E-state index is -0.611. The highest BCUT2D eigenvalue weighted by Crippen LogP contribution is 2.26. The second-order valence-electron chi connectivity index (χ2n) is 5.54. The summed E-state index contributed by atoms with van der Waals surface area (Å²) in [6.07, 6.45) is 6.27. The van der Waals surface area contributed by atoms with Gasteiger partial charge in [0.2, 0.25) is 0 Å². The van der Waals surface area contributed by atoms with E-state index in [4.69, 9.17) is 0 Å². The summed E-state index contributed by atoms with van der Waals surface area (Å²) in [4.78, 5) is 0. The molecule has 2 N–H and O–H groups in total. The minimum absolute atomic E-state index is 0.0532. The highest BCUT2D eigenvalue weighted by molar-refractivity contribution is 5.20. The zero-order valence-electron chi connectivity index (χ0n) is 11.6. The highest BCUT2D eigenvalue weighted by atomic mass is 19.1. The summed E-state index contributed by atoms with van der Waals surface area (Å²) in [7, 11) is 0. The fourth-order valence-electron chi connectivity index (χ4n) is 2.90. The molecule has 1 fully saturated rings. The van der Waals surface area contributed by atoms with Gasteiger partial charge in [0.15, 0.2) is 0 Å². The molecule has 0 saturated carbocycles. The van der Waals surface area contributed by atoms with Crippen LogP contribution in [-0.4, -0.2) is 17.2 Å². The molecule has 2 nitrogen and oxygen atoms in total. The van der Waals surface area contributed by atoms with Gasteiger partial charge >= 0.3 is 0 Å². The molecule has 1 aliphatic rings. The summed E-state index contributed by atoms with van der Waals surface area (Å²) in [5, 5.41) is 13.9. The second-order valence-corrected chi connectivity index (χ2v) is 5.54. The first kappa shape index (κ1) is 14.5. The predicted octanol–water partition coefficient (Wildman–Crippen LogP) is 3.56. The van der Waals surface area contributed by atoms with Crippen molar-refractivity contribution in [3.63, 3.8) is 0 Å². The topological polar surface area (TPSA) is 32.3 Å². The van der Waals surface area contributed by atoms with Crippen LogP contribution in [0.5, 0.6) is 0 Å². The maximum Gasteiger partial charge on any atom is 0.123 e. The summed E-state index contributed by atoms with van der Waals surface area (Å²) in [5.41, 5.74) is 0.675. The van der Waals surface area contributed by atoms with Crippen molar-refractivity contribution >= 4 is 0 Å². The van der Waals surface area contributed by atoms with E-state index in [1.807, 2.05) is 0 Å². The fourth-order valence-corrected chi connectivity index (χ4v) is 2.90. The molecule has 0 aliphatic carbocycles. The molecule has 1 unspecified atom stereocenters. The monoisotopic (exact) mass is 265 g/mol. The van der Waals surface area contributed by atoms with Crippen molar-refractivity contribution in [2.45, 2.75) is 63.6 Å². The number of piperidine rings is 1. The molecule has 0 aromatic heterocycles. The molecule has 0 bridgehead atoms. The van der Waals surface area contributed by atoms with Crippen LogP contribution in [0, 0.1) is 5.82 Å². The van der Waals surface area contributed by atoms with E-state index >= 15 is 0 Å². The van der Waals surface area contributed by atoms with Gasteiger partial charge in [0, 0.05) is 12.1 Å². The smallest absolute Gasteiger partial charge is 0.123 e. The molecule has 0 radical (unpaired) electrons. The summed E-state index contributed by atoms with van der Waals surface area (Å²) < 4.78 is 13.2. The normalized spacial score (nSPS) is 25.2. The van der Waals surface area contributed by atoms with E-state index in [1.165, 1.54) is 37.8 Å². The quantitative estimate of drug-likeness (QED) is 0.853. The molecular weight excluding hydrogens is 241 g/mol. The molecular formula is C16H24FNO. The summed E-state index contributed by atoms with van der Waals surface area (Å²) >= 11 is 0. The van der Waals surface area contributed by atoms with Crippen molar-refractivity contribution < 1.29 is 9.50 Å². The summed E-state index contributed by atoms with van der Waals surface area (Å²) in [5.74, 6) is -0.283. The van der Waals surface area contributed by atoms with Crippen molar-refractivity contribution in [1.82, 2.24) is 5.32 Å².